The minimum Gasteiger partial charge on any atom is -0.383 e. The highest BCUT2D eigenvalue weighted by atomic mass is 19.3. The van der Waals surface area contributed by atoms with Gasteiger partial charge >= 0.3 is 0 Å². The monoisotopic (exact) mass is 598 g/mol. The Morgan fingerprint density at radius 2 is 1.07 bits per heavy atom. The number of aromatic nitrogens is 4. The number of fused-ring (bicyclic) bond motifs is 1. The molecule has 0 aromatic carbocycles. The summed E-state index contributed by atoms with van der Waals surface area (Å²) < 4.78 is 55.3. The third-order valence-electron chi connectivity index (χ3n) is 7.53. The molecular formula is C27H44F2N8O5. The number of hydrogen-bond donors (Lipinski definition) is 0. The van der Waals surface area contributed by atoms with Crippen molar-refractivity contribution < 1.29 is 32.5 Å². The van der Waals surface area contributed by atoms with Crippen molar-refractivity contribution in [3.8, 4) is 0 Å². The van der Waals surface area contributed by atoms with Crippen LogP contribution in [0.1, 0.15) is 12.8 Å². The van der Waals surface area contributed by atoms with Crippen molar-refractivity contribution in [1.29, 1.82) is 0 Å². The van der Waals surface area contributed by atoms with Crippen LogP contribution < -0.4 is 19.6 Å². The predicted octanol–water partition coefficient (Wildman–Crippen LogP) is 1.69. The molecule has 2 aromatic rings. The van der Waals surface area contributed by atoms with Gasteiger partial charge in [0.1, 0.15) is 11.0 Å². The molecule has 0 saturated carbocycles. The standard InChI is InChI=1S/C27H44F2N8O5/c1-38-14-10-35(11-15-39-2)25-31-22-21(23(32-25)34-8-6-20(42-5)7-9-34)30-26(36(12-16-40-3)13-17-41-4)33-24(22)37-18-27(28,29)19-37/h20H,6-19H2,1-5H3. The summed E-state index contributed by atoms with van der Waals surface area (Å²) in [6.45, 7) is 4.32. The van der Waals surface area contributed by atoms with Crippen LogP contribution in [0, 0.1) is 0 Å². The molecule has 42 heavy (non-hydrogen) atoms. The number of nitrogens with zero attached hydrogens (tertiary/aromatic N) is 8. The average Bonchev–Trinajstić information content (AvgIpc) is 2.99. The van der Waals surface area contributed by atoms with Crippen LogP contribution in [0.15, 0.2) is 0 Å². The van der Waals surface area contributed by atoms with E-state index in [0.29, 0.717) is 100 Å². The van der Waals surface area contributed by atoms with Crippen molar-refractivity contribution in [3.05, 3.63) is 0 Å². The zero-order chi connectivity index (χ0) is 30.1. The van der Waals surface area contributed by atoms with E-state index in [9.17, 15) is 8.78 Å². The Balaban J connectivity index is 1.89. The highest BCUT2D eigenvalue weighted by molar-refractivity contribution is 5.95. The number of hydrogen-bond acceptors (Lipinski definition) is 13. The molecule has 2 aromatic heterocycles. The summed E-state index contributed by atoms with van der Waals surface area (Å²) in [6.07, 6.45) is 1.81. The first kappa shape index (κ1) is 32.2. The van der Waals surface area contributed by atoms with E-state index < -0.39 is 19.0 Å². The van der Waals surface area contributed by atoms with Crippen LogP contribution in [0.25, 0.3) is 11.0 Å². The first-order valence-corrected chi connectivity index (χ1v) is 14.3. The summed E-state index contributed by atoms with van der Waals surface area (Å²) in [4.78, 5) is 27.4. The van der Waals surface area contributed by atoms with Gasteiger partial charge in [0.05, 0.1) is 45.6 Å². The molecule has 4 heterocycles. The second-order valence-electron chi connectivity index (χ2n) is 10.5. The van der Waals surface area contributed by atoms with Crippen LogP contribution in [0.4, 0.5) is 32.3 Å². The normalized spacial score (nSPS) is 17.1. The zero-order valence-electron chi connectivity index (χ0n) is 25.4. The molecule has 0 aliphatic carbocycles. The first-order valence-electron chi connectivity index (χ1n) is 14.3. The Hall–Kier alpha value is -2.72. The molecule has 0 N–H and O–H groups in total. The molecular weight excluding hydrogens is 554 g/mol. The van der Waals surface area contributed by atoms with E-state index in [4.69, 9.17) is 43.6 Å². The van der Waals surface area contributed by atoms with Crippen LogP contribution >= 0.6 is 0 Å². The van der Waals surface area contributed by atoms with Gasteiger partial charge in [0.25, 0.3) is 5.92 Å². The molecule has 15 heteroatoms. The quantitative estimate of drug-likeness (QED) is 0.264. The van der Waals surface area contributed by atoms with Crippen LogP contribution in [0.3, 0.4) is 0 Å². The molecule has 0 radical (unpaired) electrons. The van der Waals surface area contributed by atoms with E-state index in [-0.39, 0.29) is 6.10 Å². The first-order chi connectivity index (χ1) is 20.3. The van der Waals surface area contributed by atoms with Gasteiger partial charge in [-0.2, -0.15) is 9.97 Å². The van der Waals surface area contributed by atoms with Crippen molar-refractivity contribution in [1.82, 2.24) is 19.9 Å². The number of piperidine rings is 1. The predicted molar refractivity (Wildman–Crippen MR) is 156 cm³/mol. The fraction of sp³-hybridized carbons (Fsp3) is 0.778. The maximum atomic E-state index is 14.2. The van der Waals surface area contributed by atoms with E-state index in [1.807, 2.05) is 9.80 Å². The highest BCUT2D eigenvalue weighted by Crippen LogP contribution is 2.38. The maximum Gasteiger partial charge on any atom is 0.282 e. The summed E-state index contributed by atoms with van der Waals surface area (Å²) in [5.41, 5.74) is 0.949. The molecule has 2 saturated heterocycles. The molecule has 2 aliphatic heterocycles. The van der Waals surface area contributed by atoms with Gasteiger partial charge in [-0.05, 0) is 12.8 Å². The van der Waals surface area contributed by atoms with Crippen molar-refractivity contribution in [3.63, 3.8) is 0 Å². The van der Waals surface area contributed by atoms with Gasteiger partial charge in [0.2, 0.25) is 11.9 Å². The largest absolute Gasteiger partial charge is 0.383 e. The lowest BCUT2D eigenvalue weighted by Crippen LogP contribution is -2.57. The minimum absolute atomic E-state index is 0.163. The lowest BCUT2D eigenvalue weighted by Gasteiger charge is -2.40. The molecule has 236 valence electrons. The van der Waals surface area contributed by atoms with Gasteiger partial charge in [-0.15, -0.1) is 0 Å². The number of anilines is 4. The van der Waals surface area contributed by atoms with Crippen LogP contribution in [0.2, 0.25) is 0 Å². The van der Waals surface area contributed by atoms with Gasteiger partial charge in [-0.25, -0.2) is 18.7 Å². The summed E-state index contributed by atoms with van der Waals surface area (Å²) in [5, 5.41) is 0. The summed E-state index contributed by atoms with van der Waals surface area (Å²) >= 11 is 0. The van der Waals surface area contributed by atoms with E-state index in [1.165, 1.54) is 0 Å². The SMILES string of the molecule is COCCN(CCOC)c1nc(N2CC(F)(F)C2)c2nc(N(CCOC)CCOC)nc(N3CCC(OC)CC3)c2n1. The topological polar surface area (TPSA) is 111 Å². The molecule has 0 bridgehead atoms. The average molecular weight is 599 g/mol. The zero-order valence-corrected chi connectivity index (χ0v) is 25.4. The molecule has 2 aliphatic rings. The van der Waals surface area contributed by atoms with Gasteiger partial charge in [0.15, 0.2) is 11.6 Å². The van der Waals surface area contributed by atoms with E-state index in [2.05, 4.69) is 4.90 Å². The minimum atomic E-state index is -2.80. The van der Waals surface area contributed by atoms with Gasteiger partial charge in [0, 0.05) is 74.8 Å². The Morgan fingerprint density at radius 3 is 1.43 bits per heavy atom. The second-order valence-corrected chi connectivity index (χ2v) is 10.5. The van der Waals surface area contributed by atoms with E-state index >= 15 is 0 Å². The molecule has 13 nitrogen and oxygen atoms in total. The molecule has 0 unspecified atom stereocenters. The molecule has 0 atom stereocenters. The van der Waals surface area contributed by atoms with Crippen LogP contribution in [-0.2, 0) is 23.7 Å². The van der Waals surface area contributed by atoms with Crippen molar-refractivity contribution >= 4 is 34.6 Å². The lowest BCUT2D eigenvalue weighted by molar-refractivity contribution is -0.0265. The van der Waals surface area contributed by atoms with Gasteiger partial charge in [-0.3, -0.25) is 0 Å². The number of alkyl halides is 2. The Bertz CT molecular complexity index is 1120. The van der Waals surface area contributed by atoms with Crippen molar-refractivity contribution in [2.24, 2.45) is 0 Å². The number of rotatable bonds is 17. The van der Waals surface area contributed by atoms with E-state index in [1.54, 1.807) is 40.4 Å². The number of halogens is 2. The Kier molecular flexibility index (Phi) is 11.6. The summed E-state index contributed by atoms with van der Waals surface area (Å²) in [7, 11) is 8.25. The third-order valence-corrected chi connectivity index (χ3v) is 7.53. The second kappa shape index (κ2) is 15.1. The maximum absolute atomic E-state index is 14.2. The number of ether oxygens (including phenoxy) is 5. The van der Waals surface area contributed by atoms with Crippen LogP contribution in [-0.4, -0.2) is 146 Å². The van der Waals surface area contributed by atoms with Crippen molar-refractivity contribution in [2.45, 2.75) is 24.9 Å². The lowest BCUT2D eigenvalue weighted by atomic mass is 10.1. The van der Waals surface area contributed by atoms with E-state index in [0.717, 1.165) is 12.8 Å². The Morgan fingerprint density at radius 1 is 0.667 bits per heavy atom. The van der Waals surface area contributed by atoms with Gasteiger partial charge in [-0.1, -0.05) is 0 Å². The van der Waals surface area contributed by atoms with Gasteiger partial charge < -0.3 is 43.3 Å². The third kappa shape index (κ3) is 7.81. The molecule has 4 rings (SSSR count). The van der Waals surface area contributed by atoms with Crippen molar-refractivity contribution in [2.75, 3.05) is 134 Å². The van der Waals surface area contributed by atoms with Crippen LogP contribution in [0.5, 0.6) is 0 Å². The number of methoxy groups -OCH3 is 5. The molecule has 0 amide bonds. The highest BCUT2D eigenvalue weighted by Gasteiger charge is 2.46. The molecule has 0 spiro atoms. The summed E-state index contributed by atoms with van der Waals surface area (Å²) in [5.74, 6) is -0.967. The fourth-order valence-electron chi connectivity index (χ4n) is 5.08. The molecule has 2 fully saturated rings. The fourth-order valence-corrected chi connectivity index (χ4v) is 5.08. The summed E-state index contributed by atoms with van der Waals surface area (Å²) in [6, 6.07) is 0. The Labute approximate surface area is 246 Å². The smallest absolute Gasteiger partial charge is 0.282 e.